The number of carbonyl (C=O) groups is 1. The first-order valence-corrected chi connectivity index (χ1v) is 12.7. The van der Waals surface area contributed by atoms with Gasteiger partial charge in [-0.25, -0.2) is 4.39 Å². The van der Waals surface area contributed by atoms with E-state index in [1.165, 1.54) is 10.6 Å². The molecule has 39 heavy (non-hydrogen) atoms. The lowest BCUT2D eigenvalue weighted by molar-refractivity contribution is 0.0950. The summed E-state index contributed by atoms with van der Waals surface area (Å²) in [6, 6.07) is 8.19. The molecule has 0 unspecified atom stereocenters. The zero-order chi connectivity index (χ0) is 27.4. The Morgan fingerprint density at radius 1 is 1.13 bits per heavy atom. The first-order chi connectivity index (χ1) is 18.9. The van der Waals surface area contributed by atoms with Crippen LogP contribution in [0.2, 0.25) is 0 Å². The molecule has 0 aliphatic carbocycles. The molecule has 1 aliphatic heterocycles. The fourth-order valence-corrected chi connectivity index (χ4v) is 4.33. The van der Waals surface area contributed by atoms with E-state index in [1.807, 2.05) is 23.9 Å². The number of fused-ring (bicyclic) bond motifs is 1. The lowest BCUT2D eigenvalue weighted by atomic mass is 10.1. The quantitative estimate of drug-likeness (QED) is 0.267. The van der Waals surface area contributed by atoms with Crippen molar-refractivity contribution in [3.05, 3.63) is 48.0 Å². The van der Waals surface area contributed by atoms with Crippen LogP contribution < -0.4 is 21.3 Å². The van der Waals surface area contributed by atoms with Gasteiger partial charge in [0.1, 0.15) is 5.82 Å². The van der Waals surface area contributed by atoms with Crippen LogP contribution in [0.3, 0.4) is 0 Å². The highest BCUT2D eigenvalue weighted by Crippen LogP contribution is 2.22. The van der Waals surface area contributed by atoms with Crippen LogP contribution in [0.15, 0.2) is 41.0 Å². The highest BCUT2D eigenvalue weighted by atomic mass is 19.1. The number of anilines is 3. The Morgan fingerprint density at radius 2 is 1.95 bits per heavy atom. The number of carbonyl (C=O) groups excluding carboxylic acids is 1. The van der Waals surface area contributed by atoms with Gasteiger partial charge in [-0.2, -0.15) is 19.5 Å². The highest BCUT2D eigenvalue weighted by molar-refractivity contribution is 5.94. The van der Waals surface area contributed by atoms with Gasteiger partial charge in [0.2, 0.25) is 17.7 Å². The number of nitrogens with one attached hydrogen (secondary N) is 2. The summed E-state index contributed by atoms with van der Waals surface area (Å²) in [7, 11) is 3.86. The van der Waals surface area contributed by atoms with E-state index in [9.17, 15) is 9.18 Å². The summed E-state index contributed by atoms with van der Waals surface area (Å²) >= 11 is 0. The summed E-state index contributed by atoms with van der Waals surface area (Å²) in [5.41, 5.74) is 6.88. The number of hydrogen-bond donors (Lipinski definition) is 3. The van der Waals surface area contributed by atoms with Crippen LogP contribution in [0.4, 0.5) is 22.0 Å². The Bertz CT molecular complexity index is 1420. The van der Waals surface area contributed by atoms with Crippen molar-refractivity contribution in [3.8, 4) is 11.6 Å². The third-order valence-electron chi connectivity index (χ3n) is 6.45. The molecule has 0 radical (unpaired) electrons. The molecule has 4 heterocycles. The monoisotopic (exact) mass is 537 g/mol. The molecular formula is C25H32FN11O2. The van der Waals surface area contributed by atoms with Crippen LogP contribution in [0.25, 0.3) is 17.4 Å². The zero-order valence-electron chi connectivity index (χ0n) is 22.0. The fraction of sp³-hybridized carbons (Fsp3) is 0.400. The van der Waals surface area contributed by atoms with E-state index in [1.54, 1.807) is 30.5 Å². The van der Waals surface area contributed by atoms with Gasteiger partial charge in [-0.3, -0.25) is 9.69 Å². The van der Waals surface area contributed by atoms with Gasteiger partial charge in [-0.1, -0.05) is 0 Å². The minimum atomic E-state index is -0.390. The van der Waals surface area contributed by atoms with E-state index in [0.717, 1.165) is 26.2 Å². The number of nitrogen functional groups attached to an aromatic ring is 1. The van der Waals surface area contributed by atoms with Gasteiger partial charge in [-0.15, -0.1) is 5.10 Å². The van der Waals surface area contributed by atoms with E-state index >= 15 is 0 Å². The smallest absolute Gasteiger partial charge is 0.259 e. The zero-order valence-corrected chi connectivity index (χ0v) is 22.0. The molecule has 4 N–H and O–H groups in total. The second-order valence-electron chi connectivity index (χ2n) is 9.51. The van der Waals surface area contributed by atoms with Crippen molar-refractivity contribution in [2.75, 3.05) is 82.4 Å². The Labute approximate surface area is 224 Å². The number of furan rings is 1. The molecule has 3 aromatic heterocycles. The van der Waals surface area contributed by atoms with Crippen molar-refractivity contribution < 1.29 is 13.6 Å². The van der Waals surface area contributed by atoms with Gasteiger partial charge < -0.3 is 30.6 Å². The van der Waals surface area contributed by atoms with Crippen molar-refractivity contribution in [2.45, 2.75) is 0 Å². The molecule has 206 valence electrons. The number of nitrogens with zero attached hydrogens (tertiary/aromatic N) is 8. The molecule has 13 nitrogen and oxygen atoms in total. The third-order valence-corrected chi connectivity index (χ3v) is 6.45. The normalized spacial score (nSPS) is 14.3. The van der Waals surface area contributed by atoms with Crippen LogP contribution in [0, 0.1) is 5.82 Å². The van der Waals surface area contributed by atoms with E-state index in [0.29, 0.717) is 60.7 Å². The van der Waals surface area contributed by atoms with Gasteiger partial charge in [0.15, 0.2) is 5.76 Å². The molecular weight excluding hydrogens is 505 g/mol. The summed E-state index contributed by atoms with van der Waals surface area (Å²) in [6.45, 7) is 5.47. The van der Waals surface area contributed by atoms with E-state index in [4.69, 9.17) is 10.2 Å². The topological polar surface area (TPSA) is 146 Å². The molecule has 0 bridgehead atoms. The lowest BCUT2D eigenvalue weighted by Gasteiger charge is -2.36. The largest absolute Gasteiger partial charge is 0.461 e. The second-order valence-corrected chi connectivity index (χ2v) is 9.51. The molecule has 4 aromatic rings. The molecule has 5 rings (SSSR count). The van der Waals surface area contributed by atoms with Gasteiger partial charge in [0.05, 0.1) is 12.0 Å². The number of amides is 1. The molecule has 1 amide bonds. The molecule has 1 aromatic carbocycles. The standard InChI is InChI=1S/C25H32FN11O2/c1-34(2)9-7-28-22(38)17-5-6-19(18(26)16-17)36-13-11-35(12-14-36)10-8-29-24-31-23(27)37-25(32-24)30-21(33-37)20-4-3-15-39-20/h3-6,15-16H,7-14H2,1-2H3,(H,28,38)(H3,27,29,30,31,32,33). The summed E-state index contributed by atoms with van der Waals surface area (Å²) in [5.74, 6) is 1.09. The van der Waals surface area contributed by atoms with Gasteiger partial charge >= 0.3 is 0 Å². The van der Waals surface area contributed by atoms with Crippen molar-refractivity contribution in [1.29, 1.82) is 0 Å². The molecule has 0 saturated carbocycles. The average molecular weight is 538 g/mol. The third kappa shape index (κ3) is 6.23. The highest BCUT2D eigenvalue weighted by Gasteiger charge is 2.21. The SMILES string of the molecule is CN(C)CCNC(=O)c1ccc(N2CCN(CCNc3nc(N)n4nc(-c5ccco5)nc4n3)CC2)c(F)c1. The second kappa shape index (κ2) is 11.6. The van der Waals surface area contributed by atoms with Gasteiger partial charge in [0.25, 0.3) is 11.7 Å². The Morgan fingerprint density at radius 3 is 2.67 bits per heavy atom. The number of benzene rings is 1. The van der Waals surface area contributed by atoms with E-state index in [-0.39, 0.29) is 17.7 Å². The Balaban J connectivity index is 1.10. The van der Waals surface area contributed by atoms with Crippen molar-refractivity contribution >= 4 is 29.3 Å². The maximum absolute atomic E-state index is 14.9. The first-order valence-electron chi connectivity index (χ1n) is 12.7. The number of likely N-dealkylation sites (N-methyl/N-ethyl adjacent to an activating group) is 1. The first kappa shape index (κ1) is 26.3. The average Bonchev–Trinajstić information content (AvgIpc) is 3.59. The molecule has 0 atom stereocenters. The van der Waals surface area contributed by atoms with Crippen LogP contribution in [0.1, 0.15) is 10.4 Å². The summed E-state index contributed by atoms with van der Waals surface area (Å²) in [4.78, 5) is 31.6. The van der Waals surface area contributed by atoms with Crippen LogP contribution >= 0.6 is 0 Å². The Kier molecular flexibility index (Phi) is 7.84. The lowest BCUT2D eigenvalue weighted by Crippen LogP contribution is -2.48. The van der Waals surface area contributed by atoms with E-state index < -0.39 is 0 Å². The summed E-state index contributed by atoms with van der Waals surface area (Å²) < 4.78 is 21.6. The maximum atomic E-state index is 14.9. The van der Waals surface area contributed by atoms with Crippen LogP contribution in [-0.4, -0.2) is 107 Å². The minimum absolute atomic E-state index is 0.167. The number of aromatic nitrogens is 5. The van der Waals surface area contributed by atoms with Crippen molar-refractivity contribution in [2.24, 2.45) is 0 Å². The van der Waals surface area contributed by atoms with Crippen LogP contribution in [0.5, 0.6) is 0 Å². The number of rotatable bonds is 10. The number of piperazine rings is 1. The number of nitrogens with two attached hydrogens (primary N) is 1. The van der Waals surface area contributed by atoms with Crippen LogP contribution in [-0.2, 0) is 0 Å². The molecule has 1 saturated heterocycles. The summed E-state index contributed by atoms with van der Waals surface area (Å²) in [5, 5.41) is 10.3. The minimum Gasteiger partial charge on any atom is -0.461 e. The molecule has 1 aliphatic rings. The maximum Gasteiger partial charge on any atom is 0.259 e. The predicted molar refractivity (Wildman–Crippen MR) is 145 cm³/mol. The van der Waals surface area contributed by atoms with Crippen molar-refractivity contribution in [1.82, 2.24) is 39.7 Å². The summed E-state index contributed by atoms with van der Waals surface area (Å²) in [6.07, 6.45) is 1.55. The molecule has 0 spiro atoms. The van der Waals surface area contributed by atoms with Crippen molar-refractivity contribution in [3.63, 3.8) is 0 Å². The van der Waals surface area contributed by atoms with Gasteiger partial charge in [0, 0.05) is 57.9 Å². The predicted octanol–water partition coefficient (Wildman–Crippen LogP) is 1.03. The molecule has 14 heteroatoms. The number of halogens is 1. The Hall–Kier alpha value is -4.30. The van der Waals surface area contributed by atoms with E-state index in [2.05, 4.69) is 35.6 Å². The number of hydrogen-bond acceptors (Lipinski definition) is 11. The fourth-order valence-electron chi connectivity index (χ4n) is 4.33. The molecule has 1 fully saturated rings. The van der Waals surface area contributed by atoms with Gasteiger partial charge in [-0.05, 0) is 44.4 Å².